The number of amides is 9. The molecule has 0 aromatic carbocycles. The topological polar surface area (TPSA) is 332 Å². The maximum absolute atomic E-state index is 13.3. The Hall–Kier alpha value is -5.87. The Balaban J connectivity index is 2.65. The van der Waals surface area contributed by atoms with Gasteiger partial charge in [-0.3, -0.25) is 47.9 Å². The van der Waals surface area contributed by atoms with Crippen molar-refractivity contribution in [1.82, 2.24) is 47.4 Å². The van der Waals surface area contributed by atoms with Gasteiger partial charge in [0.2, 0.25) is 47.3 Å². The zero-order chi connectivity index (χ0) is 43.1. The number of carboxylic acids is 1. The first kappa shape index (κ1) is 49.1. The first-order valence-electron chi connectivity index (χ1n) is 18.4. The molecule has 1 saturated heterocycles. The van der Waals surface area contributed by atoms with Gasteiger partial charge in [0.1, 0.15) is 30.7 Å². The summed E-state index contributed by atoms with van der Waals surface area (Å²) in [5.41, 5.74) is 0.599. The average Bonchev–Trinajstić information content (AvgIpc) is 3.66. The van der Waals surface area contributed by atoms with E-state index in [1.165, 1.54) is 4.90 Å². The number of aliphatic hydroxyl groups is 1. The molecule has 1 fully saturated rings. The van der Waals surface area contributed by atoms with E-state index in [0.29, 0.717) is 31.4 Å². The summed E-state index contributed by atoms with van der Waals surface area (Å²) in [5.74, 6) is -8.31. The highest BCUT2D eigenvalue weighted by Crippen LogP contribution is 2.18. The minimum atomic E-state index is -1.52. The van der Waals surface area contributed by atoms with E-state index in [4.69, 9.17) is 9.94 Å². The molecule has 1 rings (SSSR count). The maximum atomic E-state index is 13.3. The minimum Gasteiger partial charge on any atom is -0.480 e. The lowest BCUT2D eigenvalue weighted by Crippen LogP contribution is -2.57. The van der Waals surface area contributed by atoms with Crippen LogP contribution in [0.3, 0.4) is 0 Å². The van der Waals surface area contributed by atoms with Crippen molar-refractivity contribution in [2.24, 2.45) is 11.1 Å². The van der Waals surface area contributed by atoms with E-state index in [-0.39, 0.29) is 13.0 Å². The number of oxime groups is 1. The summed E-state index contributed by atoms with van der Waals surface area (Å²) in [4.78, 5) is 130. The number of aliphatic hydroxyl groups excluding tert-OH is 1. The molecular weight excluding hydrogens is 756 g/mol. The van der Waals surface area contributed by atoms with Crippen molar-refractivity contribution in [1.29, 1.82) is 0 Å². The van der Waals surface area contributed by atoms with Crippen LogP contribution in [0.2, 0.25) is 0 Å². The number of carbonyl (C=O) groups excluding carboxylic acids is 9. The Bertz CT molecular complexity index is 1490. The van der Waals surface area contributed by atoms with Gasteiger partial charge in [-0.15, -0.1) is 0 Å². The molecule has 23 heteroatoms. The summed E-state index contributed by atoms with van der Waals surface area (Å²) in [6.45, 7) is 4.55. The molecule has 4 unspecified atom stereocenters. The van der Waals surface area contributed by atoms with Gasteiger partial charge in [-0.2, -0.15) is 0 Å². The van der Waals surface area contributed by atoms with E-state index >= 15 is 0 Å². The van der Waals surface area contributed by atoms with Gasteiger partial charge in [0.15, 0.2) is 6.61 Å². The first-order chi connectivity index (χ1) is 26.9. The van der Waals surface area contributed by atoms with Crippen LogP contribution in [-0.4, -0.2) is 157 Å². The fraction of sp³-hybridized carbons (Fsp3) is 0.676. The second-order valence-corrected chi connectivity index (χ2v) is 13.5. The maximum Gasteiger partial charge on any atom is 0.322 e. The normalized spacial score (nSPS) is 14.8. The summed E-state index contributed by atoms with van der Waals surface area (Å²) < 4.78 is 0. The number of rotatable bonds is 25. The molecule has 0 spiro atoms. The molecule has 320 valence electrons. The zero-order valence-corrected chi connectivity index (χ0v) is 32.9. The molecule has 9 amide bonds. The summed E-state index contributed by atoms with van der Waals surface area (Å²) >= 11 is 0. The van der Waals surface area contributed by atoms with Crippen LogP contribution in [-0.2, 0) is 52.8 Å². The Morgan fingerprint density at radius 3 is 1.93 bits per heavy atom. The molecule has 57 heavy (non-hydrogen) atoms. The molecule has 23 nitrogen and oxygen atoms in total. The van der Waals surface area contributed by atoms with Crippen molar-refractivity contribution >= 4 is 64.8 Å². The predicted octanol–water partition coefficient (Wildman–Crippen LogP) is -4.65. The predicted molar refractivity (Wildman–Crippen MR) is 199 cm³/mol. The largest absolute Gasteiger partial charge is 0.480 e. The van der Waals surface area contributed by atoms with Crippen molar-refractivity contribution in [2.75, 3.05) is 52.5 Å². The third-order valence-corrected chi connectivity index (χ3v) is 8.05. The third kappa shape index (κ3) is 19.5. The van der Waals surface area contributed by atoms with Gasteiger partial charge in [-0.1, -0.05) is 38.8 Å². The number of hydrogen-bond donors (Lipinski definition) is 10. The lowest BCUT2D eigenvalue weighted by molar-refractivity contribution is -0.139. The Labute approximate surface area is 329 Å². The lowest BCUT2D eigenvalue weighted by Gasteiger charge is -2.26. The molecule has 1 aliphatic rings. The summed E-state index contributed by atoms with van der Waals surface area (Å²) in [6, 6.07) is -4.70. The van der Waals surface area contributed by atoms with Gasteiger partial charge in [0, 0.05) is 6.54 Å². The number of hydrogen-bond acceptors (Lipinski definition) is 13. The zero-order valence-electron chi connectivity index (χ0n) is 32.9. The van der Waals surface area contributed by atoms with E-state index in [1.54, 1.807) is 27.7 Å². The van der Waals surface area contributed by atoms with Crippen molar-refractivity contribution in [3.8, 4) is 0 Å². The fourth-order valence-corrected chi connectivity index (χ4v) is 5.10. The van der Waals surface area contributed by atoms with Crippen molar-refractivity contribution in [3.05, 3.63) is 0 Å². The minimum absolute atomic E-state index is 0.208. The van der Waals surface area contributed by atoms with Crippen LogP contribution in [0.5, 0.6) is 0 Å². The van der Waals surface area contributed by atoms with Crippen LogP contribution >= 0.6 is 0 Å². The van der Waals surface area contributed by atoms with Crippen LogP contribution in [0.25, 0.3) is 0 Å². The van der Waals surface area contributed by atoms with Crippen molar-refractivity contribution < 1.29 is 63.0 Å². The fourth-order valence-electron chi connectivity index (χ4n) is 5.10. The quantitative estimate of drug-likeness (QED) is 0.0307. The third-order valence-electron chi connectivity index (χ3n) is 8.05. The van der Waals surface area contributed by atoms with E-state index < -0.39 is 135 Å². The molecule has 1 heterocycles. The molecule has 0 saturated carbocycles. The second-order valence-electron chi connectivity index (χ2n) is 13.5. The number of aliphatic carboxylic acids is 1. The highest BCUT2D eigenvalue weighted by molar-refractivity contribution is 5.96. The molecule has 0 aromatic heterocycles. The number of nitrogens with zero attached hydrogens (tertiary/aromatic N) is 2. The first-order valence-corrected chi connectivity index (χ1v) is 18.4. The molecule has 0 bridgehead atoms. The number of nitrogens with one attached hydrogen (secondary N) is 8. The highest BCUT2D eigenvalue weighted by Gasteiger charge is 2.36. The number of unbranched alkanes of at least 4 members (excludes halogenated alkanes) is 1. The van der Waals surface area contributed by atoms with Crippen LogP contribution in [0.1, 0.15) is 66.7 Å². The van der Waals surface area contributed by atoms with Crippen LogP contribution in [0, 0.1) is 5.92 Å². The van der Waals surface area contributed by atoms with Gasteiger partial charge < -0.3 is 62.5 Å². The Morgan fingerprint density at radius 1 is 0.737 bits per heavy atom. The second kappa shape index (κ2) is 26.1. The highest BCUT2D eigenvalue weighted by atomic mass is 16.6. The monoisotopic (exact) mass is 812 g/mol. The SMILES string of the molecule is CCCCC(NC(=O)C1CCCN1C(=O)CNC(=O)CNC(=O)CON=C(C)C)C(=O)NCC(=O)NCC(=O)NC(CO)C(=O)NC(C(=O)NCC(=O)O)C(C)C. The molecule has 0 aromatic rings. The smallest absolute Gasteiger partial charge is 0.322 e. The average molecular weight is 813 g/mol. The Morgan fingerprint density at radius 2 is 1.33 bits per heavy atom. The molecule has 1 aliphatic heterocycles. The van der Waals surface area contributed by atoms with E-state index in [0.717, 1.165) is 0 Å². The van der Waals surface area contributed by atoms with Gasteiger partial charge in [0.05, 0.1) is 38.5 Å². The summed E-state index contributed by atoms with van der Waals surface area (Å²) in [6.07, 6.45) is 2.20. The van der Waals surface area contributed by atoms with Crippen LogP contribution in [0.4, 0.5) is 0 Å². The summed E-state index contributed by atoms with van der Waals surface area (Å²) in [7, 11) is 0. The Kier molecular flexibility index (Phi) is 22.5. The number of carbonyl (C=O) groups is 10. The molecular formula is C34H56N10O13. The van der Waals surface area contributed by atoms with Crippen molar-refractivity contribution in [3.63, 3.8) is 0 Å². The standard InChI is InChI=1S/C34H56N10O13/c1-6-7-9-21(41-33(55)23-10-8-11-44(23)28(50)15-37-24(46)12-36-27(49)18-57-43-20(4)5)31(53)38-13-25(47)35-14-26(48)40-22(17-45)32(54)42-30(19(2)3)34(56)39-16-29(51)52/h19,21-23,30,45H,6-18H2,1-5H3,(H,35,47)(H,36,49)(H,37,46)(H,38,53)(H,39,56)(H,40,48)(H,41,55)(H,42,54)(H,51,52). The van der Waals surface area contributed by atoms with Gasteiger partial charge in [-0.05, 0) is 39.0 Å². The molecule has 0 aliphatic carbocycles. The van der Waals surface area contributed by atoms with E-state index in [9.17, 15) is 53.1 Å². The molecule has 10 N–H and O–H groups in total. The van der Waals surface area contributed by atoms with Crippen molar-refractivity contribution in [2.45, 2.75) is 90.9 Å². The van der Waals surface area contributed by atoms with E-state index in [2.05, 4.69) is 47.7 Å². The van der Waals surface area contributed by atoms with Crippen LogP contribution < -0.4 is 42.5 Å². The molecule has 4 atom stereocenters. The van der Waals surface area contributed by atoms with Gasteiger partial charge in [0.25, 0.3) is 5.91 Å². The lowest BCUT2D eigenvalue weighted by atomic mass is 10.0. The molecule has 0 radical (unpaired) electrons. The number of likely N-dealkylation sites (tertiary alicyclic amines) is 1. The van der Waals surface area contributed by atoms with E-state index in [1.807, 2.05) is 6.92 Å². The summed E-state index contributed by atoms with van der Waals surface area (Å²) in [5, 5.41) is 40.7. The van der Waals surface area contributed by atoms with Crippen LogP contribution in [0.15, 0.2) is 5.16 Å². The van der Waals surface area contributed by atoms with Gasteiger partial charge in [-0.25, -0.2) is 0 Å². The number of carboxylic acid groups (broad SMARTS) is 1. The van der Waals surface area contributed by atoms with Gasteiger partial charge >= 0.3 is 5.97 Å².